The number of benzene rings is 1. The van der Waals surface area contributed by atoms with Gasteiger partial charge < -0.3 is 40.8 Å². The number of fused-ring (bicyclic) bond motifs is 1. The first kappa shape index (κ1) is 45.4. The van der Waals surface area contributed by atoms with Crippen LogP contribution in [0.1, 0.15) is 119 Å². The summed E-state index contributed by atoms with van der Waals surface area (Å²) in [6.07, 6.45) is 1.21. The Morgan fingerprint density at radius 1 is 0.839 bits per heavy atom. The lowest BCUT2D eigenvalue weighted by Gasteiger charge is -2.41. The molecule has 2 heterocycles. The van der Waals surface area contributed by atoms with Crippen LogP contribution < -0.4 is 21.7 Å². The first-order valence-corrected chi connectivity index (χ1v) is 18.8. The van der Waals surface area contributed by atoms with Crippen LogP contribution in [0.5, 0.6) is 0 Å². The summed E-state index contributed by atoms with van der Waals surface area (Å²) in [5, 5.41) is 8.87. The Balaban J connectivity index is 1.98. The molecule has 1 aromatic carbocycles. The van der Waals surface area contributed by atoms with Crippen LogP contribution in [0.15, 0.2) is 36.8 Å². The number of nitrogens with two attached hydrogens (primary N) is 1. The van der Waals surface area contributed by atoms with Gasteiger partial charge >= 0.3 is 18.2 Å². The van der Waals surface area contributed by atoms with Gasteiger partial charge in [-0.05, 0) is 85.3 Å². The fourth-order valence-corrected chi connectivity index (χ4v) is 5.94. The molecule has 5 N–H and O–H groups in total. The van der Waals surface area contributed by atoms with Crippen molar-refractivity contribution in [1.82, 2.24) is 30.4 Å². The second-order valence-corrected chi connectivity index (χ2v) is 18.1. The summed E-state index contributed by atoms with van der Waals surface area (Å²) in [4.78, 5) is 85.6. The third-order valence-corrected chi connectivity index (χ3v) is 8.42. The zero-order valence-electron chi connectivity index (χ0n) is 34.9. The molecule has 2 aromatic rings. The number of aromatic nitrogens is 2. The zero-order chi connectivity index (χ0) is 42.4. The van der Waals surface area contributed by atoms with E-state index in [-0.39, 0.29) is 32.4 Å². The Morgan fingerprint density at radius 3 is 1.98 bits per heavy atom. The van der Waals surface area contributed by atoms with Gasteiger partial charge in [-0.1, -0.05) is 45.0 Å². The number of carbonyl (C=O) groups is 6. The number of amides is 4. The van der Waals surface area contributed by atoms with Gasteiger partial charge in [0.05, 0.1) is 17.8 Å². The van der Waals surface area contributed by atoms with Crippen LogP contribution >= 0.6 is 0 Å². The van der Waals surface area contributed by atoms with Crippen molar-refractivity contribution in [2.24, 2.45) is 11.1 Å². The molecular formula is C40H61N7O9. The molecule has 16 nitrogen and oxygen atoms in total. The molecule has 16 heteroatoms. The van der Waals surface area contributed by atoms with Crippen molar-refractivity contribution < 1.29 is 43.0 Å². The van der Waals surface area contributed by atoms with Gasteiger partial charge in [0, 0.05) is 32.1 Å². The number of nitrogens with one attached hydrogen (secondary N) is 3. The van der Waals surface area contributed by atoms with Crippen molar-refractivity contribution in [1.29, 1.82) is 0 Å². The van der Waals surface area contributed by atoms with Crippen LogP contribution in [0.25, 0.3) is 0 Å². The number of primary amides is 1. The monoisotopic (exact) mass is 783 g/mol. The first-order chi connectivity index (χ1) is 25.6. The molecule has 1 unspecified atom stereocenters. The highest BCUT2D eigenvalue weighted by atomic mass is 16.6. The highest BCUT2D eigenvalue weighted by molar-refractivity contribution is 5.93. The van der Waals surface area contributed by atoms with E-state index in [1.807, 2.05) is 45.0 Å². The van der Waals surface area contributed by atoms with Crippen molar-refractivity contribution >= 4 is 35.9 Å². The largest absolute Gasteiger partial charge is 0.458 e. The molecule has 0 spiro atoms. The normalized spacial score (nSPS) is 16.4. The predicted octanol–water partition coefficient (Wildman–Crippen LogP) is 4.28. The summed E-state index contributed by atoms with van der Waals surface area (Å²) in [5.74, 6) is -2.38. The minimum Gasteiger partial charge on any atom is -0.458 e. The third-order valence-electron chi connectivity index (χ3n) is 8.42. The Hall–Kier alpha value is -4.99. The van der Waals surface area contributed by atoms with Gasteiger partial charge in [0.25, 0.3) is 0 Å². The Kier molecular flexibility index (Phi) is 14.5. The van der Waals surface area contributed by atoms with E-state index < -0.39 is 82.3 Å². The maximum absolute atomic E-state index is 14.8. The molecular weight excluding hydrogens is 722 g/mol. The Labute approximate surface area is 329 Å². The minimum atomic E-state index is -1.19. The lowest BCUT2D eigenvalue weighted by atomic mass is 9.84. The lowest BCUT2D eigenvalue weighted by molar-refractivity contribution is -0.159. The van der Waals surface area contributed by atoms with Gasteiger partial charge in [-0.3, -0.25) is 14.4 Å². The van der Waals surface area contributed by atoms with Crippen molar-refractivity contribution in [2.45, 2.75) is 150 Å². The Bertz CT molecular complexity index is 1740. The zero-order valence-corrected chi connectivity index (χ0v) is 34.9. The number of hydrogen-bond acceptors (Lipinski definition) is 11. The van der Waals surface area contributed by atoms with Gasteiger partial charge in [-0.2, -0.15) is 0 Å². The van der Waals surface area contributed by atoms with Crippen LogP contribution in [0.3, 0.4) is 0 Å². The smallest absolute Gasteiger partial charge is 0.419 e. The van der Waals surface area contributed by atoms with Crippen LogP contribution in [0.2, 0.25) is 0 Å². The molecule has 0 saturated heterocycles. The summed E-state index contributed by atoms with van der Waals surface area (Å²) in [5.41, 5.74) is 4.22. The van der Waals surface area contributed by atoms with Crippen LogP contribution in [0.4, 0.5) is 9.59 Å². The van der Waals surface area contributed by atoms with E-state index in [1.165, 1.54) is 22.0 Å². The SMILES string of the molecule is CC(C)(C)OC(=O)NC(CN[C@H](C(=O)N1Cc2ccccc2C[C@H]1C(=O)N[C@@H](CCC(N)=O)C(=O)OC(C)(C)C)C(C)(C)C)c1cn(C(=O)OC(C)(C)C)cn1. The quantitative estimate of drug-likeness (QED) is 0.176. The fourth-order valence-electron chi connectivity index (χ4n) is 5.94. The molecule has 3 rings (SSSR count). The van der Waals surface area contributed by atoms with E-state index in [2.05, 4.69) is 20.9 Å². The maximum atomic E-state index is 14.8. The molecule has 1 aliphatic heterocycles. The lowest BCUT2D eigenvalue weighted by Crippen LogP contribution is -2.61. The number of esters is 1. The van der Waals surface area contributed by atoms with Crippen molar-refractivity contribution in [3.8, 4) is 0 Å². The molecule has 0 radical (unpaired) electrons. The highest BCUT2D eigenvalue weighted by Gasteiger charge is 2.42. The molecule has 4 atom stereocenters. The minimum absolute atomic E-state index is 0.0343. The van der Waals surface area contributed by atoms with Gasteiger partial charge in [0.15, 0.2) is 0 Å². The second-order valence-electron chi connectivity index (χ2n) is 18.1. The molecule has 1 aromatic heterocycles. The molecule has 4 amide bonds. The number of nitrogens with zero attached hydrogens (tertiary/aromatic N) is 3. The van der Waals surface area contributed by atoms with E-state index in [4.69, 9.17) is 19.9 Å². The number of alkyl carbamates (subject to hydrolysis) is 1. The van der Waals surface area contributed by atoms with Gasteiger partial charge in [-0.15, -0.1) is 0 Å². The maximum Gasteiger partial charge on any atom is 0.419 e. The molecule has 0 aliphatic carbocycles. The van der Waals surface area contributed by atoms with Gasteiger partial charge in [0.1, 0.15) is 35.2 Å². The molecule has 1 aliphatic rings. The summed E-state index contributed by atoms with van der Waals surface area (Å²) in [7, 11) is 0. The number of ether oxygens (including phenoxy) is 3. The van der Waals surface area contributed by atoms with Crippen molar-refractivity contribution in [3.05, 3.63) is 53.6 Å². The Morgan fingerprint density at radius 2 is 1.43 bits per heavy atom. The molecule has 310 valence electrons. The standard InChI is InChI=1S/C40H61N7O9/c1-37(2,3)31(42-20-27(45-35(52)55-39(7,8)9)28-22-46(23-43-28)36(53)56-40(10,11)12)33(50)47-21-25-16-14-13-15-24(25)19-29(47)32(49)44-26(17-18-30(41)48)34(51)54-38(4,5)6/h13-16,22-23,26-27,29,31,42H,17-21H2,1-12H3,(H2,41,48)(H,44,49)(H,45,52)/t26-,27?,29-,31+/m0/s1. The average molecular weight is 784 g/mol. The topological polar surface area (TPSA) is 213 Å². The van der Waals surface area contributed by atoms with E-state index >= 15 is 0 Å². The first-order valence-electron chi connectivity index (χ1n) is 18.8. The third kappa shape index (κ3) is 13.9. The van der Waals surface area contributed by atoms with E-state index in [0.29, 0.717) is 5.69 Å². The van der Waals surface area contributed by atoms with Gasteiger partial charge in [-0.25, -0.2) is 23.9 Å². The number of imidazole rings is 1. The number of hydrogen-bond donors (Lipinski definition) is 4. The van der Waals surface area contributed by atoms with E-state index in [1.54, 1.807) is 62.3 Å². The van der Waals surface area contributed by atoms with E-state index in [9.17, 15) is 28.8 Å². The highest BCUT2D eigenvalue weighted by Crippen LogP contribution is 2.29. The number of carbonyl (C=O) groups excluding carboxylic acids is 6. The second kappa shape index (κ2) is 17.9. The fraction of sp³-hybridized carbons (Fsp3) is 0.625. The van der Waals surface area contributed by atoms with Crippen molar-refractivity contribution in [2.75, 3.05) is 6.54 Å². The molecule has 0 bridgehead atoms. The summed E-state index contributed by atoms with van der Waals surface area (Å²) in [6.45, 7) is 21.1. The van der Waals surface area contributed by atoms with Crippen molar-refractivity contribution in [3.63, 3.8) is 0 Å². The molecule has 0 saturated carbocycles. The summed E-state index contributed by atoms with van der Waals surface area (Å²) >= 11 is 0. The average Bonchev–Trinajstić information content (AvgIpc) is 3.53. The van der Waals surface area contributed by atoms with Crippen LogP contribution in [-0.4, -0.2) is 91.8 Å². The summed E-state index contributed by atoms with van der Waals surface area (Å²) in [6, 6.07) is 3.45. The molecule has 56 heavy (non-hydrogen) atoms. The number of rotatable bonds is 12. The summed E-state index contributed by atoms with van der Waals surface area (Å²) < 4.78 is 17.7. The molecule has 0 fully saturated rings. The van der Waals surface area contributed by atoms with Crippen LogP contribution in [-0.2, 0) is 46.4 Å². The van der Waals surface area contributed by atoms with Crippen LogP contribution in [0, 0.1) is 5.41 Å². The van der Waals surface area contributed by atoms with Gasteiger partial charge in [0.2, 0.25) is 17.7 Å². The van der Waals surface area contributed by atoms with E-state index in [0.717, 1.165) is 11.1 Å². The predicted molar refractivity (Wildman–Crippen MR) is 208 cm³/mol.